The molecule has 2 aliphatic rings. The van der Waals surface area contributed by atoms with E-state index in [2.05, 4.69) is 0 Å². The van der Waals surface area contributed by atoms with Gasteiger partial charge in [0, 0.05) is 18.4 Å². The first-order valence-corrected chi connectivity index (χ1v) is 7.60. The number of ether oxygens (including phenoxy) is 1. The zero-order chi connectivity index (χ0) is 14.1. The molecule has 0 aromatic heterocycles. The van der Waals surface area contributed by atoms with Crippen molar-refractivity contribution in [1.29, 1.82) is 0 Å². The molecule has 2 saturated carbocycles. The van der Waals surface area contributed by atoms with Crippen LogP contribution in [0.1, 0.15) is 31.2 Å². The summed E-state index contributed by atoms with van der Waals surface area (Å²) in [5.41, 5.74) is 7.43. The fourth-order valence-corrected chi connectivity index (χ4v) is 4.04. The Morgan fingerprint density at radius 2 is 1.95 bits per heavy atom. The normalized spacial score (nSPS) is 31.5. The second-order valence-electron chi connectivity index (χ2n) is 6.25. The molecular weight excluding hydrogens is 250 g/mol. The number of fused-ring (bicyclic) bond motifs is 2. The second-order valence-corrected chi connectivity index (χ2v) is 6.25. The Balaban J connectivity index is 1.56. The molecule has 20 heavy (non-hydrogen) atoms. The van der Waals surface area contributed by atoms with Crippen LogP contribution in [0.5, 0.6) is 5.75 Å². The lowest BCUT2D eigenvalue weighted by Gasteiger charge is -2.26. The average molecular weight is 273 g/mol. The van der Waals surface area contributed by atoms with Crippen LogP contribution in [0.4, 0.5) is 0 Å². The number of rotatable bonds is 5. The molecule has 1 aromatic rings. The van der Waals surface area contributed by atoms with E-state index in [9.17, 15) is 4.79 Å². The van der Waals surface area contributed by atoms with E-state index in [0.717, 1.165) is 12.2 Å². The topological polar surface area (TPSA) is 52.3 Å². The van der Waals surface area contributed by atoms with Crippen LogP contribution in [0.2, 0.25) is 0 Å². The number of Topliss-reactive ketones (excluding diaryl/α,β-unsaturated/α-hetero) is 1. The minimum absolute atomic E-state index is 0.122. The number of carbonyl (C=O) groups is 1. The molecule has 1 aromatic carbocycles. The van der Waals surface area contributed by atoms with Crippen LogP contribution in [0, 0.1) is 17.8 Å². The van der Waals surface area contributed by atoms with Gasteiger partial charge < -0.3 is 10.5 Å². The van der Waals surface area contributed by atoms with Crippen LogP contribution < -0.4 is 10.5 Å². The summed E-state index contributed by atoms with van der Waals surface area (Å²) in [6.45, 7) is 0. The molecule has 0 heterocycles. The maximum Gasteiger partial charge on any atom is 0.138 e. The SMILES string of the molecule is COc1ccc(CCC(=O)C2C3CCC(C3)C2N)cc1. The Bertz CT molecular complexity index is 480. The van der Waals surface area contributed by atoms with Gasteiger partial charge in [0.25, 0.3) is 0 Å². The van der Waals surface area contributed by atoms with Crippen molar-refractivity contribution >= 4 is 5.78 Å². The fourth-order valence-electron chi connectivity index (χ4n) is 4.04. The zero-order valence-electron chi connectivity index (χ0n) is 12.0. The summed E-state index contributed by atoms with van der Waals surface area (Å²) in [6.07, 6.45) is 5.04. The Labute approximate surface area is 120 Å². The van der Waals surface area contributed by atoms with Crippen molar-refractivity contribution in [3.63, 3.8) is 0 Å². The summed E-state index contributed by atoms with van der Waals surface area (Å²) in [5.74, 6) is 2.54. The summed E-state index contributed by atoms with van der Waals surface area (Å²) in [4.78, 5) is 12.4. The first-order chi connectivity index (χ1) is 9.69. The van der Waals surface area contributed by atoms with Gasteiger partial charge in [-0.05, 0) is 55.2 Å². The van der Waals surface area contributed by atoms with Crippen LogP contribution in [-0.4, -0.2) is 18.9 Å². The third-order valence-electron chi connectivity index (χ3n) is 5.17. The van der Waals surface area contributed by atoms with Crippen molar-refractivity contribution < 1.29 is 9.53 Å². The molecule has 0 amide bonds. The number of methoxy groups -OCH3 is 1. The lowest BCUT2D eigenvalue weighted by molar-refractivity contribution is -0.124. The molecule has 0 saturated heterocycles. The van der Waals surface area contributed by atoms with Gasteiger partial charge >= 0.3 is 0 Å². The Morgan fingerprint density at radius 3 is 2.55 bits per heavy atom. The summed E-state index contributed by atoms with van der Waals surface area (Å²) in [7, 11) is 1.66. The highest BCUT2D eigenvalue weighted by Gasteiger charge is 2.48. The molecule has 2 N–H and O–H groups in total. The van der Waals surface area contributed by atoms with Crippen molar-refractivity contribution in [3.05, 3.63) is 29.8 Å². The van der Waals surface area contributed by atoms with Gasteiger partial charge in [0.15, 0.2) is 0 Å². The lowest BCUT2D eigenvalue weighted by atomic mass is 9.80. The molecule has 4 atom stereocenters. The van der Waals surface area contributed by atoms with Gasteiger partial charge in [-0.25, -0.2) is 0 Å². The van der Waals surface area contributed by atoms with E-state index in [4.69, 9.17) is 10.5 Å². The van der Waals surface area contributed by atoms with Crippen LogP contribution in [0.3, 0.4) is 0 Å². The molecule has 108 valence electrons. The second kappa shape index (κ2) is 5.57. The number of carbonyl (C=O) groups excluding carboxylic acids is 1. The quantitative estimate of drug-likeness (QED) is 0.897. The summed E-state index contributed by atoms with van der Waals surface area (Å²) in [5, 5.41) is 0. The largest absolute Gasteiger partial charge is 0.497 e. The van der Waals surface area contributed by atoms with Gasteiger partial charge in [0.2, 0.25) is 0 Å². The molecule has 2 aliphatic carbocycles. The van der Waals surface area contributed by atoms with E-state index < -0.39 is 0 Å². The highest BCUT2D eigenvalue weighted by molar-refractivity contribution is 5.82. The molecule has 2 bridgehead atoms. The number of aryl methyl sites for hydroxylation is 1. The molecule has 0 aliphatic heterocycles. The molecular formula is C17H23NO2. The Hall–Kier alpha value is -1.35. The summed E-state index contributed by atoms with van der Waals surface area (Å²) >= 11 is 0. The highest BCUT2D eigenvalue weighted by atomic mass is 16.5. The minimum Gasteiger partial charge on any atom is -0.497 e. The third-order valence-corrected chi connectivity index (χ3v) is 5.17. The maximum atomic E-state index is 12.4. The van der Waals surface area contributed by atoms with Gasteiger partial charge in [-0.1, -0.05) is 12.1 Å². The Kier molecular flexibility index (Phi) is 3.79. The van der Waals surface area contributed by atoms with Crippen molar-refractivity contribution in [1.82, 2.24) is 0 Å². The van der Waals surface area contributed by atoms with Crippen molar-refractivity contribution in [3.8, 4) is 5.75 Å². The minimum atomic E-state index is 0.122. The Morgan fingerprint density at radius 1 is 1.25 bits per heavy atom. The van der Waals surface area contributed by atoms with E-state index in [1.165, 1.54) is 24.8 Å². The first kappa shape index (κ1) is 13.6. The molecule has 0 spiro atoms. The van der Waals surface area contributed by atoms with Crippen LogP contribution >= 0.6 is 0 Å². The van der Waals surface area contributed by atoms with Gasteiger partial charge in [0.1, 0.15) is 11.5 Å². The van der Waals surface area contributed by atoms with E-state index >= 15 is 0 Å². The fraction of sp³-hybridized carbons (Fsp3) is 0.588. The van der Waals surface area contributed by atoms with Crippen LogP contribution in [0.25, 0.3) is 0 Å². The summed E-state index contributed by atoms with van der Waals surface area (Å²) in [6, 6.07) is 8.09. The number of hydrogen-bond acceptors (Lipinski definition) is 3. The van der Waals surface area contributed by atoms with Crippen LogP contribution in [-0.2, 0) is 11.2 Å². The van der Waals surface area contributed by atoms with E-state index in [-0.39, 0.29) is 12.0 Å². The van der Waals surface area contributed by atoms with Crippen LogP contribution in [0.15, 0.2) is 24.3 Å². The maximum absolute atomic E-state index is 12.4. The molecule has 3 nitrogen and oxygen atoms in total. The molecule has 0 radical (unpaired) electrons. The van der Waals surface area contributed by atoms with Gasteiger partial charge in [-0.2, -0.15) is 0 Å². The molecule has 4 unspecified atom stereocenters. The average Bonchev–Trinajstić information content (AvgIpc) is 3.06. The number of ketones is 1. The first-order valence-electron chi connectivity index (χ1n) is 7.60. The lowest BCUT2D eigenvalue weighted by Crippen LogP contribution is -2.40. The van der Waals surface area contributed by atoms with E-state index in [1.807, 2.05) is 24.3 Å². The molecule has 2 fully saturated rings. The van der Waals surface area contributed by atoms with Gasteiger partial charge in [-0.15, -0.1) is 0 Å². The predicted octanol–water partition coefficient (Wildman–Crippen LogP) is 2.57. The van der Waals surface area contributed by atoms with E-state index in [0.29, 0.717) is 24.0 Å². The standard InChI is InChI=1S/C17H23NO2/c1-20-14-7-2-11(3-8-14)4-9-15(19)16-12-5-6-13(10-12)17(16)18/h2-3,7-8,12-13,16-17H,4-6,9-10,18H2,1H3. The monoisotopic (exact) mass is 273 g/mol. The number of benzene rings is 1. The summed E-state index contributed by atoms with van der Waals surface area (Å²) < 4.78 is 5.14. The van der Waals surface area contributed by atoms with Crippen molar-refractivity contribution in [2.45, 2.75) is 38.1 Å². The molecule has 3 rings (SSSR count). The molecule has 3 heteroatoms. The van der Waals surface area contributed by atoms with Crippen molar-refractivity contribution in [2.24, 2.45) is 23.5 Å². The highest BCUT2D eigenvalue weighted by Crippen LogP contribution is 2.48. The van der Waals surface area contributed by atoms with Gasteiger partial charge in [-0.3, -0.25) is 4.79 Å². The number of hydrogen-bond donors (Lipinski definition) is 1. The predicted molar refractivity (Wildman–Crippen MR) is 78.6 cm³/mol. The van der Waals surface area contributed by atoms with E-state index in [1.54, 1.807) is 7.11 Å². The number of nitrogens with two attached hydrogens (primary N) is 1. The van der Waals surface area contributed by atoms with Crippen molar-refractivity contribution in [2.75, 3.05) is 7.11 Å². The smallest absolute Gasteiger partial charge is 0.138 e. The van der Waals surface area contributed by atoms with Gasteiger partial charge in [0.05, 0.1) is 7.11 Å². The third kappa shape index (κ3) is 2.47. The zero-order valence-corrected chi connectivity index (χ0v) is 12.0.